The molecule has 4 aromatic rings. The Morgan fingerprint density at radius 3 is 2.92 bits per heavy atom. The van der Waals surface area contributed by atoms with Gasteiger partial charge < -0.3 is 10.3 Å². The van der Waals surface area contributed by atoms with Crippen LogP contribution < -0.4 is 10.9 Å². The van der Waals surface area contributed by atoms with E-state index >= 15 is 0 Å². The van der Waals surface area contributed by atoms with Crippen LogP contribution in [0.4, 0.5) is 5.69 Å². The van der Waals surface area contributed by atoms with Crippen LogP contribution in [0.15, 0.2) is 34.4 Å². The Hall–Kier alpha value is -2.00. The van der Waals surface area contributed by atoms with Crippen molar-refractivity contribution in [1.82, 2.24) is 9.38 Å². The molecule has 3 heterocycles. The second-order valence-electron chi connectivity index (χ2n) is 5.39. The lowest BCUT2D eigenvalue weighted by atomic mass is 10.2. The lowest BCUT2D eigenvalue weighted by Crippen LogP contribution is -2.14. The zero-order valence-electron chi connectivity index (χ0n) is 12.8. The number of thiazole rings is 1. The van der Waals surface area contributed by atoms with E-state index in [0.29, 0.717) is 35.4 Å². The molecule has 0 saturated heterocycles. The van der Waals surface area contributed by atoms with Crippen molar-refractivity contribution in [1.29, 1.82) is 0 Å². The Morgan fingerprint density at radius 1 is 1.36 bits per heavy atom. The molecule has 0 aliphatic carbocycles. The molecule has 0 atom stereocenters. The third kappa shape index (κ3) is 2.71. The van der Waals surface area contributed by atoms with Crippen LogP contribution in [0.5, 0.6) is 0 Å². The zero-order chi connectivity index (χ0) is 17.7. The third-order valence-electron chi connectivity index (χ3n) is 3.77. The normalized spacial score (nSPS) is 11.3. The number of hydrogen-bond donors (Lipinski definition) is 2. The molecule has 1 amide bonds. The van der Waals surface area contributed by atoms with Crippen LogP contribution in [0.3, 0.4) is 0 Å². The van der Waals surface area contributed by atoms with Crippen LogP contribution in [-0.2, 0) is 0 Å². The van der Waals surface area contributed by atoms with Gasteiger partial charge in [-0.15, -0.1) is 11.3 Å². The monoisotopic (exact) mass is 407 g/mol. The number of carbonyl (C=O) groups is 1. The minimum atomic E-state index is -0.344. The van der Waals surface area contributed by atoms with Crippen LogP contribution in [0.2, 0.25) is 5.02 Å². The molecule has 0 fully saturated rings. The van der Waals surface area contributed by atoms with Gasteiger partial charge in [-0.1, -0.05) is 29.0 Å². The second kappa shape index (κ2) is 6.06. The maximum Gasteiger partial charge on any atom is 0.269 e. The molecule has 0 spiro atoms. The molecule has 0 saturated carbocycles. The van der Waals surface area contributed by atoms with Gasteiger partial charge in [-0.2, -0.15) is 0 Å². The molecule has 126 valence electrons. The molecule has 25 heavy (non-hydrogen) atoms. The molecule has 0 radical (unpaired) electrons. The molecule has 4 rings (SSSR count). The number of carbonyl (C=O) groups excluding carboxylic acids is 1. The number of benzene rings is 1. The number of anilines is 1. The average molecular weight is 408 g/mol. The van der Waals surface area contributed by atoms with Crippen molar-refractivity contribution in [3.05, 3.63) is 59.4 Å². The summed E-state index contributed by atoms with van der Waals surface area (Å²) in [5.74, 6) is -0.344. The number of nitrogens with one attached hydrogen (secondary N) is 2. The van der Waals surface area contributed by atoms with Gasteiger partial charge in [0, 0.05) is 10.7 Å². The standard InChI is InChI=1S/C16H10ClN3O2S3/c1-7-2-3-8(6-9(7)17)18-15(22)12-13-19-14(21)11-10(4-5-24-11)20(13)16(23)25-12/h2-6H,1H3,(H,18,22)(H,19,21). The molecule has 0 bridgehead atoms. The molecule has 2 N–H and O–H groups in total. The van der Waals surface area contributed by atoms with Crippen molar-refractivity contribution < 1.29 is 4.79 Å². The summed E-state index contributed by atoms with van der Waals surface area (Å²) in [5.41, 5.74) is 2.39. The number of halogens is 1. The summed E-state index contributed by atoms with van der Waals surface area (Å²) in [7, 11) is 0. The smallest absolute Gasteiger partial charge is 0.269 e. The largest absolute Gasteiger partial charge is 0.321 e. The Bertz CT molecular complexity index is 1270. The summed E-state index contributed by atoms with van der Waals surface area (Å²) in [6.07, 6.45) is 0. The van der Waals surface area contributed by atoms with Crippen LogP contribution in [0.1, 0.15) is 15.2 Å². The van der Waals surface area contributed by atoms with E-state index in [1.54, 1.807) is 16.5 Å². The Labute approximate surface area is 159 Å². The van der Waals surface area contributed by atoms with Gasteiger partial charge in [0.05, 0.1) is 5.52 Å². The fourth-order valence-electron chi connectivity index (χ4n) is 2.53. The van der Waals surface area contributed by atoms with Gasteiger partial charge in [-0.05, 0) is 48.3 Å². The summed E-state index contributed by atoms with van der Waals surface area (Å²) >= 11 is 14.0. The number of fused-ring (bicyclic) bond motifs is 3. The molecular formula is C16H10ClN3O2S3. The quantitative estimate of drug-likeness (QED) is 0.467. The van der Waals surface area contributed by atoms with Gasteiger partial charge in [0.1, 0.15) is 15.2 Å². The summed E-state index contributed by atoms with van der Waals surface area (Å²) in [6.45, 7) is 1.89. The maximum absolute atomic E-state index is 12.7. The first-order valence-electron chi connectivity index (χ1n) is 7.18. The first kappa shape index (κ1) is 16.5. The number of aromatic amines is 1. The van der Waals surface area contributed by atoms with Crippen molar-refractivity contribution >= 4 is 74.0 Å². The van der Waals surface area contributed by atoms with E-state index in [1.807, 2.05) is 24.4 Å². The topological polar surface area (TPSA) is 66.4 Å². The van der Waals surface area contributed by atoms with Crippen LogP contribution in [-0.4, -0.2) is 15.3 Å². The minimum Gasteiger partial charge on any atom is -0.321 e. The molecule has 0 aliphatic rings. The number of nitrogens with zero attached hydrogens (tertiary/aromatic N) is 1. The minimum absolute atomic E-state index is 0.231. The van der Waals surface area contributed by atoms with Gasteiger partial charge in [0.2, 0.25) is 0 Å². The van der Waals surface area contributed by atoms with E-state index < -0.39 is 0 Å². The van der Waals surface area contributed by atoms with Crippen LogP contribution in [0, 0.1) is 10.9 Å². The summed E-state index contributed by atoms with van der Waals surface area (Å²) in [5, 5.41) is 5.20. The molecule has 0 aliphatic heterocycles. The van der Waals surface area contributed by atoms with E-state index in [1.165, 1.54) is 11.3 Å². The second-order valence-corrected chi connectivity index (χ2v) is 8.36. The average Bonchev–Trinajstić information content (AvgIpc) is 3.16. The molecule has 9 heteroatoms. The number of H-pyrrole nitrogens is 1. The predicted octanol–water partition coefficient (Wildman–Crippen LogP) is 4.85. The number of hydrogen-bond acceptors (Lipinski definition) is 5. The third-order valence-corrected chi connectivity index (χ3v) is 6.45. The maximum atomic E-state index is 12.7. The SMILES string of the molecule is Cc1ccc(NC(=O)c2sc(=S)n3c2[nH]c(=O)c2sccc23)cc1Cl. The Balaban J connectivity index is 1.85. The highest BCUT2D eigenvalue weighted by Crippen LogP contribution is 2.26. The molecular weight excluding hydrogens is 398 g/mol. The molecule has 0 unspecified atom stereocenters. The van der Waals surface area contributed by atoms with Gasteiger partial charge in [0.15, 0.2) is 3.95 Å². The summed E-state index contributed by atoms with van der Waals surface area (Å²) in [4.78, 5) is 28.1. The first-order chi connectivity index (χ1) is 12.0. The van der Waals surface area contributed by atoms with Crippen molar-refractivity contribution in [2.24, 2.45) is 0 Å². The highest BCUT2D eigenvalue weighted by molar-refractivity contribution is 7.73. The van der Waals surface area contributed by atoms with Crippen molar-refractivity contribution in [3.63, 3.8) is 0 Å². The van der Waals surface area contributed by atoms with E-state index in [0.717, 1.165) is 16.9 Å². The lowest BCUT2D eigenvalue weighted by molar-refractivity contribution is 0.103. The van der Waals surface area contributed by atoms with E-state index in [4.69, 9.17) is 23.8 Å². The fraction of sp³-hybridized carbons (Fsp3) is 0.0625. The van der Waals surface area contributed by atoms with Crippen molar-refractivity contribution in [3.8, 4) is 0 Å². The van der Waals surface area contributed by atoms with Crippen molar-refractivity contribution in [2.45, 2.75) is 6.92 Å². The number of aryl methyl sites for hydroxylation is 1. The van der Waals surface area contributed by atoms with Gasteiger partial charge in [0.25, 0.3) is 11.5 Å². The highest BCUT2D eigenvalue weighted by Gasteiger charge is 2.18. The van der Waals surface area contributed by atoms with E-state index in [-0.39, 0.29) is 11.5 Å². The summed E-state index contributed by atoms with van der Waals surface area (Å²) in [6, 6.07) is 7.11. The predicted molar refractivity (Wildman–Crippen MR) is 106 cm³/mol. The molecule has 5 nitrogen and oxygen atoms in total. The molecule has 1 aromatic carbocycles. The molecule has 3 aromatic heterocycles. The summed E-state index contributed by atoms with van der Waals surface area (Å²) < 4.78 is 2.81. The first-order valence-corrected chi connectivity index (χ1v) is 9.66. The van der Waals surface area contributed by atoms with Crippen molar-refractivity contribution in [2.75, 3.05) is 5.32 Å². The Morgan fingerprint density at radius 2 is 2.16 bits per heavy atom. The van der Waals surface area contributed by atoms with E-state index in [9.17, 15) is 9.59 Å². The lowest BCUT2D eigenvalue weighted by Gasteiger charge is -2.06. The highest BCUT2D eigenvalue weighted by atomic mass is 35.5. The number of amides is 1. The van der Waals surface area contributed by atoms with Crippen LogP contribution in [0.25, 0.3) is 15.9 Å². The number of rotatable bonds is 2. The Kier molecular flexibility index (Phi) is 3.99. The number of aromatic nitrogens is 2. The number of thiophene rings is 1. The van der Waals surface area contributed by atoms with Gasteiger partial charge in [-0.3, -0.25) is 14.0 Å². The van der Waals surface area contributed by atoms with Crippen LogP contribution >= 0.6 is 46.5 Å². The van der Waals surface area contributed by atoms with E-state index in [2.05, 4.69) is 10.3 Å². The fourth-order valence-corrected chi connectivity index (χ4v) is 4.76. The van der Waals surface area contributed by atoms with Gasteiger partial charge in [-0.25, -0.2) is 0 Å². The van der Waals surface area contributed by atoms with Gasteiger partial charge >= 0.3 is 0 Å². The zero-order valence-corrected chi connectivity index (χ0v) is 16.0.